The van der Waals surface area contributed by atoms with Crippen molar-refractivity contribution in [3.8, 4) is 22.5 Å². The minimum absolute atomic E-state index is 0.000583. The number of halogens is 2. The summed E-state index contributed by atoms with van der Waals surface area (Å²) in [5.41, 5.74) is 3.04. The van der Waals surface area contributed by atoms with Crippen LogP contribution in [0, 0.1) is 0 Å². The van der Waals surface area contributed by atoms with E-state index >= 15 is 0 Å². The van der Waals surface area contributed by atoms with Crippen molar-refractivity contribution in [2.75, 3.05) is 6.54 Å². The van der Waals surface area contributed by atoms with E-state index < -0.39 is 0 Å². The van der Waals surface area contributed by atoms with Crippen molar-refractivity contribution in [1.29, 1.82) is 0 Å². The molecule has 31 heavy (non-hydrogen) atoms. The highest BCUT2D eigenvalue weighted by atomic mass is 35.5. The first kappa shape index (κ1) is 23.5. The molecule has 0 aliphatic heterocycles. The zero-order valence-corrected chi connectivity index (χ0v) is 19.8. The fourth-order valence-electron chi connectivity index (χ4n) is 2.92. The number of nitrogens with one attached hydrogen (secondary N) is 1. The molecule has 0 radical (unpaired) electrons. The van der Waals surface area contributed by atoms with Gasteiger partial charge in [-0.2, -0.15) is 0 Å². The zero-order chi connectivity index (χ0) is 22.2. The van der Waals surface area contributed by atoms with Crippen molar-refractivity contribution < 1.29 is 4.79 Å². The van der Waals surface area contributed by atoms with E-state index in [1.807, 2.05) is 43.3 Å². The first-order chi connectivity index (χ1) is 15.0. The minimum atomic E-state index is -0.280. The average molecular weight is 475 g/mol. The molecule has 1 atom stereocenters. The number of carbonyl (C=O) groups excluding carboxylic acids is 1. The number of rotatable bonds is 9. The van der Waals surface area contributed by atoms with E-state index in [1.165, 1.54) is 11.8 Å². The number of benzene rings is 2. The lowest BCUT2D eigenvalue weighted by atomic mass is 10.0. The predicted molar refractivity (Wildman–Crippen MR) is 129 cm³/mol. The normalized spacial score (nSPS) is 11.9. The molecule has 0 fully saturated rings. The number of carbonyl (C=O) groups is 1. The van der Waals surface area contributed by atoms with Gasteiger partial charge in [-0.05, 0) is 37.1 Å². The lowest BCUT2D eigenvalue weighted by molar-refractivity contribution is -0.120. The summed E-state index contributed by atoms with van der Waals surface area (Å²) in [6.07, 6.45) is 2.66. The summed E-state index contributed by atoms with van der Waals surface area (Å²) in [7, 11) is 0. The van der Waals surface area contributed by atoms with Crippen LogP contribution in [0.3, 0.4) is 0 Å². The highest BCUT2D eigenvalue weighted by molar-refractivity contribution is 8.00. The van der Waals surface area contributed by atoms with Gasteiger partial charge in [-0.25, -0.2) is 4.98 Å². The highest BCUT2D eigenvalue weighted by Gasteiger charge is 2.21. The molecule has 1 heterocycles. The first-order valence-electron chi connectivity index (χ1n) is 10.2. The van der Waals surface area contributed by atoms with E-state index in [9.17, 15) is 4.79 Å². The van der Waals surface area contributed by atoms with E-state index in [2.05, 4.69) is 22.4 Å². The van der Waals surface area contributed by atoms with Gasteiger partial charge in [-0.3, -0.25) is 4.79 Å². The van der Waals surface area contributed by atoms with Gasteiger partial charge in [-0.1, -0.05) is 79.5 Å². The van der Waals surface area contributed by atoms with Crippen molar-refractivity contribution in [1.82, 2.24) is 20.5 Å². The number of hydrogen-bond acceptors (Lipinski definition) is 5. The monoisotopic (exact) mass is 474 g/mol. The average Bonchev–Trinajstić information content (AvgIpc) is 2.78. The van der Waals surface area contributed by atoms with Gasteiger partial charge in [0, 0.05) is 27.7 Å². The summed E-state index contributed by atoms with van der Waals surface area (Å²) >= 11 is 13.4. The largest absolute Gasteiger partial charge is 0.355 e. The molecule has 1 aromatic heterocycles. The molecule has 0 saturated carbocycles. The second-order valence-electron chi connectivity index (χ2n) is 6.96. The Bertz CT molecular complexity index is 1010. The Hall–Kier alpha value is -2.15. The summed E-state index contributed by atoms with van der Waals surface area (Å²) in [5.74, 6) is -0.000583. The molecule has 1 unspecified atom stereocenters. The number of hydrogen-bond donors (Lipinski definition) is 1. The maximum atomic E-state index is 12.5. The number of nitrogens with zero attached hydrogens (tertiary/aromatic N) is 3. The van der Waals surface area contributed by atoms with Crippen LogP contribution >= 0.6 is 35.0 Å². The van der Waals surface area contributed by atoms with Crippen LogP contribution in [0.2, 0.25) is 10.0 Å². The molecule has 3 aromatic rings. The van der Waals surface area contributed by atoms with Crippen molar-refractivity contribution in [3.05, 3.63) is 58.6 Å². The molecule has 1 amide bonds. The lowest BCUT2D eigenvalue weighted by Gasteiger charge is -2.15. The molecule has 0 bridgehead atoms. The van der Waals surface area contributed by atoms with E-state index in [-0.39, 0.29) is 11.2 Å². The molecule has 2 aromatic carbocycles. The SMILES string of the molecule is CCCCNC(=O)C(CC)Sc1nnc(-c2ccc(Cl)cc2)c(-c2ccc(Cl)cc2)n1. The molecule has 3 rings (SSSR count). The smallest absolute Gasteiger partial charge is 0.233 e. The van der Waals surface area contributed by atoms with Gasteiger partial charge < -0.3 is 5.32 Å². The summed E-state index contributed by atoms with van der Waals surface area (Å²) in [6, 6.07) is 14.8. The predicted octanol–water partition coefficient (Wildman–Crippen LogP) is 6.30. The Morgan fingerprint density at radius 3 is 2.06 bits per heavy atom. The van der Waals surface area contributed by atoms with Gasteiger partial charge in [0.05, 0.1) is 5.25 Å². The maximum Gasteiger partial charge on any atom is 0.233 e. The molecule has 5 nitrogen and oxygen atoms in total. The molecule has 1 N–H and O–H groups in total. The van der Waals surface area contributed by atoms with Gasteiger partial charge >= 0.3 is 0 Å². The topological polar surface area (TPSA) is 67.8 Å². The lowest BCUT2D eigenvalue weighted by Crippen LogP contribution is -2.33. The summed E-state index contributed by atoms with van der Waals surface area (Å²) < 4.78 is 0. The van der Waals surface area contributed by atoms with Crippen LogP contribution in [0.5, 0.6) is 0 Å². The molecule has 0 saturated heterocycles. The van der Waals surface area contributed by atoms with Crippen LogP contribution in [-0.4, -0.2) is 32.9 Å². The zero-order valence-electron chi connectivity index (χ0n) is 17.4. The molecular formula is C23H24Cl2N4OS. The van der Waals surface area contributed by atoms with E-state index in [0.717, 1.165) is 24.0 Å². The fraction of sp³-hybridized carbons (Fsp3) is 0.304. The maximum absolute atomic E-state index is 12.5. The van der Waals surface area contributed by atoms with Gasteiger partial charge in [0.25, 0.3) is 0 Å². The number of amides is 1. The van der Waals surface area contributed by atoms with Crippen molar-refractivity contribution in [3.63, 3.8) is 0 Å². The van der Waals surface area contributed by atoms with Crippen LogP contribution in [0.4, 0.5) is 0 Å². The summed E-state index contributed by atoms with van der Waals surface area (Å²) in [6.45, 7) is 4.75. The van der Waals surface area contributed by atoms with Crippen LogP contribution in [0.1, 0.15) is 33.1 Å². The molecule has 162 valence electrons. The Morgan fingerprint density at radius 1 is 0.935 bits per heavy atom. The van der Waals surface area contributed by atoms with E-state index in [4.69, 9.17) is 28.2 Å². The summed E-state index contributed by atoms with van der Waals surface area (Å²) in [5, 5.41) is 13.2. The first-order valence-corrected chi connectivity index (χ1v) is 11.9. The van der Waals surface area contributed by atoms with Crippen molar-refractivity contribution in [2.45, 2.75) is 43.5 Å². The quantitative estimate of drug-likeness (QED) is 0.291. The molecular weight excluding hydrogens is 451 g/mol. The highest BCUT2D eigenvalue weighted by Crippen LogP contribution is 2.32. The Morgan fingerprint density at radius 2 is 1.52 bits per heavy atom. The van der Waals surface area contributed by atoms with Gasteiger partial charge in [0.2, 0.25) is 11.1 Å². The summed E-state index contributed by atoms with van der Waals surface area (Å²) in [4.78, 5) is 17.3. The second kappa shape index (κ2) is 11.5. The minimum Gasteiger partial charge on any atom is -0.355 e. The number of unbranched alkanes of at least 4 members (excludes halogenated alkanes) is 1. The standard InChI is InChI=1S/C23H24Cl2N4OS/c1-3-5-14-26-22(30)19(4-2)31-23-27-20(15-6-10-17(24)11-7-15)21(28-29-23)16-8-12-18(25)13-9-16/h6-13,19H,3-5,14H2,1-2H3,(H,26,30). The van der Waals surface area contributed by atoms with Crippen LogP contribution < -0.4 is 5.32 Å². The van der Waals surface area contributed by atoms with Gasteiger partial charge in [0.1, 0.15) is 11.4 Å². The second-order valence-corrected chi connectivity index (χ2v) is 9.01. The van der Waals surface area contributed by atoms with Crippen LogP contribution in [0.15, 0.2) is 53.7 Å². The van der Waals surface area contributed by atoms with E-state index in [1.54, 1.807) is 12.1 Å². The third kappa shape index (κ3) is 6.42. The van der Waals surface area contributed by atoms with Gasteiger partial charge in [-0.15, -0.1) is 10.2 Å². The van der Waals surface area contributed by atoms with Gasteiger partial charge in [0.15, 0.2) is 0 Å². The Labute approximate surface area is 197 Å². The molecule has 0 aliphatic carbocycles. The third-order valence-corrected chi connectivity index (χ3v) is 6.36. The third-order valence-electron chi connectivity index (χ3n) is 4.64. The molecule has 0 spiro atoms. The molecule has 8 heteroatoms. The number of thioether (sulfide) groups is 1. The molecule has 0 aliphatic rings. The van der Waals surface area contributed by atoms with Crippen LogP contribution in [-0.2, 0) is 4.79 Å². The van der Waals surface area contributed by atoms with E-state index in [0.29, 0.717) is 39.6 Å². The Kier molecular flexibility index (Phi) is 8.69. The fourth-order valence-corrected chi connectivity index (χ4v) is 4.02. The van der Waals surface area contributed by atoms with Crippen molar-refractivity contribution >= 4 is 40.9 Å². The number of aromatic nitrogens is 3. The van der Waals surface area contributed by atoms with Crippen LogP contribution in [0.25, 0.3) is 22.5 Å². The van der Waals surface area contributed by atoms with Crippen molar-refractivity contribution in [2.24, 2.45) is 0 Å². The Balaban J connectivity index is 1.94.